The lowest BCUT2D eigenvalue weighted by Gasteiger charge is -2.09. The zero-order valence-corrected chi connectivity index (χ0v) is 14.0. The van der Waals surface area contributed by atoms with Gasteiger partial charge in [0.25, 0.3) is 0 Å². The molecule has 0 aliphatic heterocycles. The van der Waals surface area contributed by atoms with Gasteiger partial charge in [0, 0.05) is 12.5 Å². The van der Waals surface area contributed by atoms with Crippen LogP contribution in [0.1, 0.15) is 24.0 Å². The third kappa shape index (κ3) is 2.59. The first kappa shape index (κ1) is 16.2. The van der Waals surface area contributed by atoms with E-state index < -0.39 is 20.6 Å². The first-order valence-corrected chi connectivity index (χ1v) is 9.36. The molecule has 1 fully saturated rings. The van der Waals surface area contributed by atoms with E-state index in [1.165, 1.54) is 5.56 Å². The summed E-state index contributed by atoms with van der Waals surface area (Å²) < 4.78 is 25.9. The minimum Gasteiger partial charge on any atom is -0.329 e. The first-order chi connectivity index (χ1) is 10.9. The Labute approximate surface area is 137 Å². The van der Waals surface area contributed by atoms with Crippen molar-refractivity contribution in [2.24, 2.45) is 11.5 Å². The molecule has 1 saturated carbocycles. The van der Waals surface area contributed by atoms with E-state index in [0.717, 1.165) is 12.0 Å². The van der Waals surface area contributed by atoms with Crippen LogP contribution in [-0.2, 0) is 16.3 Å². The second-order valence-corrected chi connectivity index (χ2v) is 8.24. The molecule has 0 heterocycles. The number of nitrogens with two attached hydrogens (primary N) is 2. The lowest BCUT2D eigenvalue weighted by molar-refractivity contribution is 0.586. The quantitative estimate of drug-likeness (QED) is 0.876. The monoisotopic (exact) mass is 330 g/mol. The van der Waals surface area contributed by atoms with Gasteiger partial charge in [0.2, 0.25) is 0 Å². The van der Waals surface area contributed by atoms with Crippen LogP contribution in [0.2, 0.25) is 0 Å². The molecule has 3 atom stereocenters. The van der Waals surface area contributed by atoms with Crippen LogP contribution in [0.5, 0.6) is 0 Å². The maximum atomic E-state index is 12.9. The van der Waals surface area contributed by atoms with Crippen molar-refractivity contribution < 1.29 is 8.42 Å². The molecule has 0 bridgehead atoms. The summed E-state index contributed by atoms with van der Waals surface area (Å²) in [5, 5.41) is -0.671. The molecule has 0 unspecified atom stereocenters. The number of rotatable bonds is 5. The van der Waals surface area contributed by atoms with Gasteiger partial charge in [-0.2, -0.15) is 0 Å². The predicted molar refractivity (Wildman–Crippen MR) is 91.9 cm³/mol. The van der Waals surface area contributed by atoms with Crippen LogP contribution in [0.4, 0.5) is 0 Å². The SMILES string of the molecule is CCc1ccc([C@@H]2[C@H](S(=O)(=O)c3ccccc3)[C@]2(N)CN)cc1. The van der Waals surface area contributed by atoms with Gasteiger partial charge in [-0.15, -0.1) is 0 Å². The third-order valence-electron chi connectivity index (χ3n) is 4.81. The maximum absolute atomic E-state index is 12.9. The van der Waals surface area contributed by atoms with Crippen molar-refractivity contribution in [2.45, 2.75) is 34.9 Å². The predicted octanol–water partition coefficient (Wildman–Crippen LogP) is 1.84. The van der Waals surface area contributed by atoms with Gasteiger partial charge in [0.15, 0.2) is 9.84 Å². The van der Waals surface area contributed by atoms with Crippen LogP contribution in [0, 0.1) is 0 Å². The summed E-state index contributed by atoms with van der Waals surface area (Å²) in [5.74, 6) is -0.261. The van der Waals surface area contributed by atoms with E-state index in [9.17, 15) is 8.42 Å². The summed E-state index contributed by atoms with van der Waals surface area (Å²) >= 11 is 0. The fourth-order valence-electron chi connectivity index (χ4n) is 3.34. The van der Waals surface area contributed by atoms with Gasteiger partial charge < -0.3 is 11.5 Å². The molecule has 5 heteroatoms. The molecule has 23 heavy (non-hydrogen) atoms. The van der Waals surface area contributed by atoms with Gasteiger partial charge in [-0.25, -0.2) is 8.42 Å². The minimum absolute atomic E-state index is 0.143. The smallest absolute Gasteiger partial charge is 0.183 e. The summed E-state index contributed by atoms with van der Waals surface area (Å²) in [6.07, 6.45) is 0.946. The minimum atomic E-state index is -3.50. The van der Waals surface area contributed by atoms with Crippen LogP contribution < -0.4 is 11.5 Å². The van der Waals surface area contributed by atoms with Gasteiger partial charge in [0.05, 0.1) is 15.7 Å². The largest absolute Gasteiger partial charge is 0.329 e. The number of sulfone groups is 1. The molecule has 2 aromatic carbocycles. The van der Waals surface area contributed by atoms with E-state index in [0.29, 0.717) is 4.90 Å². The van der Waals surface area contributed by atoms with Crippen molar-refractivity contribution in [3.63, 3.8) is 0 Å². The fourth-order valence-corrected chi connectivity index (χ4v) is 5.68. The van der Waals surface area contributed by atoms with Crippen molar-refractivity contribution in [3.05, 3.63) is 65.7 Å². The summed E-state index contributed by atoms with van der Waals surface area (Å²) in [4.78, 5) is 0.306. The van der Waals surface area contributed by atoms with E-state index >= 15 is 0 Å². The molecular weight excluding hydrogens is 308 g/mol. The molecule has 0 aromatic heterocycles. The van der Waals surface area contributed by atoms with Crippen molar-refractivity contribution in [3.8, 4) is 0 Å². The average Bonchev–Trinajstić information content (AvgIpc) is 3.23. The molecule has 3 rings (SSSR count). The van der Waals surface area contributed by atoms with Crippen LogP contribution in [-0.4, -0.2) is 25.8 Å². The Morgan fingerprint density at radius 1 is 1.04 bits per heavy atom. The molecular formula is C18H22N2O2S. The summed E-state index contributed by atoms with van der Waals surface area (Å²) in [7, 11) is -3.50. The highest BCUT2D eigenvalue weighted by Gasteiger charge is 2.68. The zero-order valence-electron chi connectivity index (χ0n) is 13.1. The standard InChI is InChI=1S/C18H22N2O2S/c1-2-13-8-10-14(11-9-13)16-17(18(16,20)12-19)23(21,22)15-6-4-3-5-7-15/h3-11,16-17H,2,12,19-20H2,1H3/t16-,17+,18+/m1/s1. The third-order valence-corrected chi connectivity index (χ3v) is 7.12. The maximum Gasteiger partial charge on any atom is 0.183 e. The molecule has 1 aliphatic rings. The van der Waals surface area contributed by atoms with Crippen LogP contribution in [0.3, 0.4) is 0 Å². The Morgan fingerprint density at radius 3 is 2.17 bits per heavy atom. The van der Waals surface area contributed by atoms with Gasteiger partial charge in [0.1, 0.15) is 0 Å². The van der Waals surface area contributed by atoms with E-state index in [-0.39, 0.29) is 12.5 Å². The van der Waals surface area contributed by atoms with Gasteiger partial charge >= 0.3 is 0 Å². The van der Waals surface area contributed by atoms with Crippen LogP contribution >= 0.6 is 0 Å². The van der Waals surface area contributed by atoms with E-state index in [4.69, 9.17) is 11.5 Å². The number of aryl methyl sites for hydroxylation is 1. The number of benzene rings is 2. The summed E-state index contributed by atoms with van der Waals surface area (Å²) in [6.45, 7) is 2.23. The summed E-state index contributed by atoms with van der Waals surface area (Å²) in [6, 6.07) is 16.5. The summed E-state index contributed by atoms with van der Waals surface area (Å²) in [5.41, 5.74) is 13.4. The average molecular weight is 330 g/mol. The van der Waals surface area contributed by atoms with Crippen molar-refractivity contribution in [2.75, 3.05) is 6.54 Å². The lowest BCUT2D eigenvalue weighted by Crippen LogP contribution is -2.39. The van der Waals surface area contributed by atoms with Crippen molar-refractivity contribution in [1.29, 1.82) is 0 Å². The molecule has 4 nitrogen and oxygen atoms in total. The normalized spacial score (nSPS) is 26.9. The number of hydrogen-bond acceptors (Lipinski definition) is 4. The van der Waals surface area contributed by atoms with E-state index in [2.05, 4.69) is 6.92 Å². The molecule has 0 radical (unpaired) electrons. The molecule has 0 amide bonds. The zero-order chi connectivity index (χ0) is 16.7. The Balaban J connectivity index is 1.98. The molecule has 4 N–H and O–H groups in total. The Hall–Kier alpha value is -1.69. The first-order valence-electron chi connectivity index (χ1n) is 7.82. The second-order valence-electron chi connectivity index (χ2n) is 6.17. The van der Waals surface area contributed by atoms with Gasteiger partial charge in [-0.05, 0) is 29.7 Å². The Morgan fingerprint density at radius 2 is 1.65 bits per heavy atom. The van der Waals surface area contributed by atoms with Crippen molar-refractivity contribution in [1.82, 2.24) is 0 Å². The highest BCUT2D eigenvalue weighted by Crippen LogP contribution is 2.55. The Kier molecular flexibility index (Phi) is 4.04. The van der Waals surface area contributed by atoms with Crippen LogP contribution in [0.15, 0.2) is 59.5 Å². The number of hydrogen-bond donors (Lipinski definition) is 2. The molecule has 0 saturated heterocycles. The molecule has 0 spiro atoms. The van der Waals surface area contributed by atoms with E-state index in [1.807, 2.05) is 24.3 Å². The Bertz CT molecular complexity index is 788. The van der Waals surface area contributed by atoms with E-state index in [1.54, 1.807) is 30.3 Å². The van der Waals surface area contributed by atoms with Crippen LogP contribution in [0.25, 0.3) is 0 Å². The lowest BCUT2D eigenvalue weighted by atomic mass is 10.0. The van der Waals surface area contributed by atoms with Crippen molar-refractivity contribution >= 4 is 9.84 Å². The highest BCUT2D eigenvalue weighted by molar-refractivity contribution is 7.92. The molecule has 2 aromatic rings. The van der Waals surface area contributed by atoms with Gasteiger partial charge in [-0.1, -0.05) is 49.4 Å². The fraction of sp³-hybridized carbons (Fsp3) is 0.333. The molecule has 122 valence electrons. The highest BCUT2D eigenvalue weighted by atomic mass is 32.2. The topological polar surface area (TPSA) is 86.2 Å². The van der Waals surface area contributed by atoms with Gasteiger partial charge in [-0.3, -0.25) is 0 Å². The second kappa shape index (κ2) is 5.74. The molecule has 1 aliphatic carbocycles.